The predicted octanol–water partition coefficient (Wildman–Crippen LogP) is 2.82. The molecule has 0 fully saturated rings. The maximum atomic E-state index is 10.7. The number of carbonyl (C=O) groups excluding carboxylic acids is 1. The van der Waals surface area contributed by atoms with Gasteiger partial charge in [0.05, 0.1) is 0 Å². The Balaban J connectivity index is 2.92. The van der Waals surface area contributed by atoms with Crippen LogP contribution < -0.4 is 4.90 Å². The molecule has 0 aliphatic heterocycles. The number of benzene rings is 1. The third-order valence-electron chi connectivity index (χ3n) is 1.79. The SMILES string of the molecule is CC(C)N(C=O)c1ccc(Br)cc1. The van der Waals surface area contributed by atoms with Crippen LogP contribution >= 0.6 is 15.9 Å². The quantitative estimate of drug-likeness (QED) is 0.746. The molecule has 70 valence electrons. The molecule has 1 amide bonds. The van der Waals surface area contributed by atoms with Gasteiger partial charge in [-0.1, -0.05) is 15.9 Å². The average Bonchev–Trinajstić information content (AvgIpc) is 2.09. The molecule has 0 aliphatic carbocycles. The van der Waals surface area contributed by atoms with Crippen molar-refractivity contribution in [3.63, 3.8) is 0 Å². The molecule has 3 heteroatoms. The van der Waals surface area contributed by atoms with Gasteiger partial charge in [-0.15, -0.1) is 0 Å². The van der Waals surface area contributed by atoms with Gasteiger partial charge in [0.25, 0.3) is 0 Å². The van der Waals surface area contributed by atoms with Crippen LogP contribution in [0.3, 0.4) is 0 Å². The van der Waals surface area contributed by atoms with Crippen LogP contribution in [0.4, 0.5) is 5.69 Å². The van der Waals surface area contributed by atoms with E-state index in [1.165, 1.54) is 0 Å². The van der Waals surface area contributed by atoms with Gasteiger partial charge >= 0.3 is 0 Å². The number of halogens is 1. The fourth-order valence-electron chi connectivity index (χ4n) is 1.09. The van der Waals surface area contributed by atoms with E-state index in [1.54, 1.807) is 4.90 Å². The smallest absolute Gasteiger partial charge is 0.214 e. The Kier molecular flexibility index (Phi) is 3.48. The van der Waals surface area contributed by atoms with E-state index in [0.29, 0.717) is 0 Å². The number of carbonyl (C=O) groups is 1. The molecule has 0 unspecified atom stereocenters. The van der Waals surface area contributed by atoms with E-state index >= 15 is 0 Å². The lowest BCUT2D eigenvalue weighted by Gasteiger charge is -2.21. The fraction of sp³-hybridized carbons (Fsp3) is 0.300. The van der Waals surface area contributed by atoms with E-state index in [9.17, 15) is 4.79 Å². The van der Waals surface area contributed by atoms with Crippen molar-refractivity contribution >= 4 is 28.0 Å². The highest BCUT2D eigenvalue weighted by molar-refractivity contribution is 9.10. The molecular weight excluding hydrogens is 230 g/mol. The summed E-state index contributed by atoms with van der Waals surface area (Å²) in [5.74, 6) is 0. The van der Waals surface area contributed by atoms with Crippen molar-refractivity contribution in [2.24, 2.45) is 0 Å². The second-order valence-corrected chi connectivity index (χ2v) is 4.00. The molecule has 1 aromatic carbocycles. The first-order valence-corrected chi connectivity index (χ1v) is 4.93. The van der Waals surface area contributed by atoms with Crippen molar-refractivity contribution in [1.29, 1.82) is 0 Å². The monoisotopic (exact) mass is 241 g/mol. The average molecular weight is 242 g/mol. The highest BCUT2D eigenvalue weighted by Crippen LogP contribution is 2.18. The zero-order valence-corrected chi connectivity index (χ0v) is 9.28. The van der Waals surface area contributed by atoms with Gasteiger partial charge in [-0.3, -0.25) is 4.79 Å². The molecule has 1 aromatic rings. The Bertz CT molecular complexity index is 281. The molecule has 0 saturated carbocycles. The Morgan fingerprint density at radius 1 is 1.31 bits per heavy atom. The topological polar surface area (TPSA) is 20.3 Å². The number of hydrogen-bond acceptors (Lipinski definition) is 1. The van der Waals surface area contributed by atoms with Crippen molar-refractivity contribution in [2.75, 3.05) is 4.90 Å². The van der Waals surface area contributed by atoms with E-state index < -0.39 is 0 Å². The van der Waals surface area contributed by atoms with Gasteiger partial charge in [-0.05, 0) is 38.1 Å². The second kappa shape index (κ2) is 4.42. The number of hydrogen-bond donors (Lipinski definition) is 0. The van der Waals surface area contributed by atoms with Crippen molar-refractivity contribution in [2.45, 2.75) is 19.9 Å². The molecule has 0 radical (unpaired) electrons. The summed E-state index contributed by atoms with van der Waals surface area (Å²) < 4.78 is 1.02. The van der Waals surface area contributed by atoms with Gasteiger partial charge in [0.2, 0.25) is 6.41 Å². The second-order valence-electron chi connectivity index (χ2n) is 3.08. The van der Waals surface area contributed by atoms with Crippen molar-refractivity contribution < 1.29 is 4.79 Å². The van der Waals surface area contributed by atoms with E-state index in [4.69, 9.17) is 0 Å². The van der Waals surface area contributed by atoms with Crippen LogP contribution in [0.1, 0.15) is 13.8 Å². The molecule has 0 atom stereocenters. The van der Waals surface area contributed by atoms with Crippen molar-refractivity contribution in [3.05, 3.63) is 28.7 Å². The van der Waals surface area contributed by atoms with E-state index in [-0.39, 0.29) is 6.04 Å². The van der Waals surface area contributed by atoms with Crippen LogP contribution in [0.25, 0.3) is 0 Å². The van der Waals surface area contributed by atoms with Gasteiger partial charge in [0, 0.05) is 16.2 Å². The van der Waals surface area contributed by atoms with Crippen LogP contribution in [-0.4, -0.2) is 12.5 Å². The summed E-state index contributed by atoms with van der Waals surface area (Å²) in [4.78, 5) is 12.4. The Hall–Kier alpha value is -0.830. The van der Waals surface area contributed by atoms with Crippen LogP contribution in [-0.2, 0) is 4.79 Å². The van der Waals surface area contributed by atoms with Crippen molar-refractivity contribution in [3.8, 4) is 0 Å². The molecular formula is C10H12BrNO. The number of nitrogens with zero attached hydrogens (tertiary/aromatic N) is 1. The van der Waals surface area contributed by atoms with E-state index in [0.717, 1.165) is 16.6 Å². The van der Waals surface area contributed by atoms with E-state index in [1.807, 2.05) is 38.1 Å². The zero-order chi connectivity index (χ0) is 9.84. The summed E-state index contributed by atoms with van der Waals surface area (Å²) in [6.45, 7) is 3.97. The highest BCUT2D eigenvalue weighted by Gasteiger charge is 2.07. The minimum atomic E-state index is 0.193. The molecule has 0 saturated heterocycles. The minimum absolute atomic E-state index is 0.193. The zero-order valence-electron chi connectivity index (χ0n) is 7.70. The summed E-state index contributed by atoms with van der Waals surface area (Å²) >= 11 is 3.35. The van der Waals surface area contributed by atoms with Crippen LogP contribution in [0.5, 0.6) is 0 Å². The Morgan fingerprint density at radius 2 is 1.85 bits per heavy atom. The minimum Gasteiger partial charge on any atom is -0.313 e. The van der Waals surface area contributed by atoms with Gasteiger partial charge in [0.1, 0.15) is 0 Å². The molecule has 0 heterocycles. The molecule has 0 bridgehead atoms. The number of rotatable bonds is 3. The summed E-state index contributed by atoms with van der Waals surface area (Å²) in [5, 5.41) is 0. The maximum Gasteiger partial charge on any atom is 0.214 e. The van der Waals surface area contributed by atoms with Gasteiger partial charge in [0.15, 0.2) is 0 Å². The normalized spacial score (nSPS) is 10.2. The molecule has 2 nitrogen and oxygen atoms in total. The standard InChI is InChI=1S/C10H12BrNO/c1-8(2)12(7-13)10-5-3-9(11)4-6-10/h3-8H,1-2H3. The Labute approximate surface area is 86.7 Å². The summed E-state index contributed by atoms with van der Waals surface area (Å²) in [7, 11) is 0. The lowest BCUT2D eigenvalue weighted by atomic mass is 10.2. The van der Waals surface area contributed by atoms with Gasteiger partial charge < -0.3 is 4.90 Å². The molecule has 0 N–H and O–H groups in total. The highest BCUT2D eigenvalue weighted by atomic mass is 79.9. The molecule has 0 aliphatic rings. The number of amides is 1. The van der Waals surface area contributed by atoms with Crippen LogP contribution in [0.2, 0.25) is 0 Å². The molecule has 0 spiro atoms. The largest absolute Gasteiger partial charge is 0.313 e. The lowest BCUT2D eigenvalue weighted by Crippen LogP contribution is -2.28. The van der Waals surface area contributed by atoms with Gasteiger partial charge in [-0.25, -0.2) is 0 Å². The molecule has 13 heavy (non-hydrogen) atoms. The first-order chi connectivity index (χ1) is 6.15. The first-order valence-electron chi connectivity index (χ1n) is 4.14. The molecule has 1 rings (SSSR count). The lowest BCUT2D eigenvalue weighted by molar-refractivity contribution is -0.107. The third-order valence-corrected chi connectivity index (χ3v) is 2.32. The van der Waals surface area contributed by atoms with Crippen molar-refractivity contribution in [1.82, 2.24) is 0 Å². The van der Waals surface area contributed by atoms with Crippen LogP contribution in [0.15, 0.2) is 28.7 Å². The first kappa shape index (κ1) is 10.3. The van der Waals surface area contributed by atoms with E-state index in [2.05, 4.69) is 15.9 Å². The molecule has 0 aromatic heterocycles. The third kappa shape index (κ3) is 2.56. The fourth-order valence-corrected chi connectivity index (χ4v) is 1.36. The van der Waals surface area contributed by atoms with Crippen LogP contribution in [0, 0.1) is 0 Å². The summed E-state index contributed by atoms with van der Waals surface area (Å²) in [5.41, 5.74) is 0.924. The predicted molar refractivity (Wildman–Crippen MR) is 57.8 cm³/mol. The van der Waals surface area contributed by atoms with Gasteiger partial charge in [-0.2, -0.15) is 0 Å². The summed E-state index contributed by atoms with van der Waals surface area (Å²) in [6, 6.07) is 7.87. The number of anilines is 1. The Morgan fingerprint density at radius 3 is 2.23 bits per heavy atom. The maximum absolute atomic E-state index is 10.7. The summed E-state index contributed by atoms with van der Waals surface area (Å²) in [6.07, 6.45) is 0.855.